The summed E-state index contributed by atoms with van der Waals surface area (Å²) < 4.78 is 11.4. The van der Waals surface area contributed by atoms with Crippen molar-refractivity contribution in [3.63, 3.8) is 0 Å². The number of hydrogen-bond donors (Lipinski definition) is 1. The molecule has 112 valence electrons. The third kappa shape index (κ3) is 5.12. The number of nitrogens with zero attached hydrogens (tertiary/aromatic N) is 1. The smallest absolute Gasteiger partial charge is 0.119 e. The molecular weight excluding hydrogens is 252 g/mol. The zero-order valence-electron chi connectivity index (χ0n) is 12.6. The Hall–Kier alpha value is -1.10. The molecule has 2 rings (SSSR count). The Balaban J connectivity index is 1.73. The highest BCUT2D eigenvalue weighted by molar-refractivity contribution is 5.28. The van der Waals surface area contributed by atoms with Gasteiger partial charge in [0.05, 0.1) is 12.7 Å². The zero-order chi connectivity index (χ0) is 14.2. The van der Waals surface area contributed by atoms with E-state index >= 15 is 0 Å². The lowest BCUT2D eigenvalue weighted by Gasteiger charge is -2.30. The SMILES string of the molecule is CCNCc1cccc(OCCN2CCOC(C)C2)c1. The highest BCUT2D eigenvalue weighted by atomic mass is 16.5. The molecule has 4 heteroatoms. The first-order valence-corrected chi connectivity index (χ1v) is 7.54. The lowest BCUT2D eigenvalue weighted by molar-refractivity contribution is -0.0214. The van der Waals surface area contributed by atoms with Gasteiger partial charge in [0.2, 0.25) is 0 Å². The second kappa shape index (κ2) is 8.25. The minimum Gasteiger partial charge on any atom is -0.492 e. The van der Waals surface area contributed by atoms with Crippen LogP contribution in [0.5, 0.6) is 5.75 Å². The molecule has 1 aliphatic heterocycles. The molecule has 1 N–H and O–H groups in total. The van der Waals surface area contributed by atoms with Gasteiger partial charge in [0.15, 0.2) is 0 Å². The Bertz CT molecular complexity index is 398. The fourth-order valence-electron chi connectivity index (χ4n) is 2.40. The predicted molar refractivity (Wildman–Crippen MR) is 81.2 cm³/mol. The van der Waals surface area contributed by atoms with E-state index in [-0.39, 0.29) is 0 Å². The van der Waals surface area contributed by atoms with E-state index in [0.29, 0.717) is 6.10 Å². The number of ether oxygens (including phenoxy) is 2. The van der Waals surface area contributed by atoms with Gasteiger partial charge in [-0.25, -0.2) is 0 Å². The van der Waals surface area contributed by atoms with Crippen molar-refractivity contribution in [1.82, 2.24) is 10.2 Å². The first kappa shape index (κ1) is 15.3. The van der Waals surface area contributed by atoms with Gasteiger partial charge in [-0.2, -0.15) is 0 Å². The van der Waals surface area contributed by atoms with Gasteiger partial charge in [0.25, 0.3) is 0 Å². The van der Waals surface area contributed by atoms with Crippen LogP contribution in [-0.4, -0.2) is 50.4 Å². The minimum atomic E-state index is 0.340. The lowest BCUT2D eigenvalue weighted by Crippen LogP contribution is -2.42. The van der Waals surface area contributed by atoms with Crippen molar-refractivity contribution >= 4 is 0 Å². The van der Waals surface area contributed by atoms with Gasteiger partial charge in [0.1, 0.15) is 12.4 Å². The molecule has 0 radical (unpaired) electrons. The average Bonchev–Trinajstić information content (AvgIpc) is 2.46. The maximum Gasteiger partial charge on any atom is 0.119 e. The van der Waals surface area contributed by atoms with Gasteiger partial charge in [-0.15, -0.1) is 0 Å². The summed E-state index contributed by atoms with van der Waals surface area (Å²) in [5, 5.41) is 3.33. The molecule has 0 saturated carbocycles. The van der Waals surface area contributed by atoms with E-state index in [1.54, 1.807) is 0 Å². The quantitative estimate of drug-likeness (QED) is 0.826. The van der Waals surface area contributed by atoms with Crippen molar-refractivity contribution in [3.05, 3.63) is 29.8 Å². The number of morpholine rings is 1. The third-order valence-electron chi connectivity index (χ3n) is 3.48. The molecule has 1 atom stereocenters. The Morgan fingerprint density at radius 3 is 3.15 bits per heavy atom. The summed E-state index contributed by atoms with van der Waals surface area (Å²) in [7, 11) is 0. The maximum absolute atomic E-state index is 5.85. The van der Waals surface area contributed by atoms with Gasteiger partial charge in [0, 0.05) is 26.2 Å². The van der Waals surface area contributed by atoms with Crippen LogP contribution in [0.1, 0.15) is 19.4 Å². The van der Waals surface area contributed by atoms with E-state index < -0.39 is 0 Å². The summed E-state index contributed by atoms with van der Waals surface area (Å²) in [6.07, 6.45) is 0.340. The Kier molecular flexibility index (Phi) is 6.30. The van der Waals surface area contributed by atoms with Crippen LogP contribution < -0.4 is 10.1 Å². The molecule has 4 nitrogen and oxygen atoms in total. The first-order valence-electron chi connectivity index (χ1n) is 7.54. The third-order valence-corrected chi connectivity index (χ3v) is 3.48. The average molecular weight is 278 g/mol. The summed E-state index contributed by atoms with van der Waals surface area (Å²) >= 11 is 0. The highest BCUT2D eigenvalue weighted by Crippen LogP contribution is 2.13. The van der Waals surface area contributed by atoms with Crippen molar-refractivity contribution < 1.29 is 9.47 Å². The molecule has 1 fully saturated rings. The second-order valence-corrected chi connectivity index (χ2v) is 5.26. The molecule has 0 bridgehead atoms. The van der Waals surface area contributed by atoms with Crippen molar-refractivity contribution in [2.24, 2.45) is 0 Å². The predicted octanol–water partition coefficient (Wildman–Crippen LogP) is 1.90. The highest BCUT2D eigenvalue weighted by Gasteiger charge is 2.15. The summed E-state index contributed by atoms with van der Waals surface area (Å²) in [6, 6.07) is 8.32. The fraction of sp³-hybridized carbons (Fsp3) is 0.625. The summed E-state index contributed by atoms with van der Waals surface area (Å²) in [5.74, 6) is 0.960. The normalized spacial score (nSPS) is 20.0. The van der Waals surface area contributed by atoms with Gasteiger partial charge >= 0.3 is 0 Å². The lowest BCUT2D eigenvalue weighted by atomic mass is 10.2. The van der Waals surface area contributed by atoms with E-state index in [2.05, 4.69) is 42.3 Å². The minimum absolute atomic E-state index is 0.340. The molecular formula is C16H26N2O2. The summed E-state index contributed by atoms with van der Waals surface area (Å²) in [4.78, 5) is 2.40. The van der Waals surface area contributed by atoms with E-state index in [9.17, 15) is 0 Å². The van der Waals surface area contributed by atoms with E-state index in [4.69, 9.17) is 9.47 Å². The molecule has 1 aromatic carbocycles. The Labute approximate surface area is 122 Å². The van der Waals surface area contributed by atoms with E-state index in [0.717, 1.165) is 51.7 Å². The van der Waals surface area contributed by atoms with E-state index in [1.165, 1.54) is 5.56 Å². The summed E-state index contributed by atoms with van der Waals surface area (Å²) in [5.41, 5.74) is 1.27. The van der Waals surface area contributed by atoms with Crippen molar-refractivity contribution in [2.45, 2.75) is 26.5 Å². The molecule has 0 spiro atoms. The molecule has 1 aliphatic rings. The number of hydrogen-bond acceptors (Lipinski definition) is 4. The second-order valence-electron chi connectivity index (χ2n) is 5.26. The van der Waals surface area contributed by atoms with Crippen LogP contribution >= 0.6 is 0 Å². The van der Waals surface area contributed by atoms with Crippen LogP contribution in [0.2, 0.25) is 0 Å². The monoisotopic (exact) mass is 278 g/mol. The van der Waals surface area contributed by atoms with Gasteiger partial charge in [-0.1, -0.05) is 19.1 Å². The molecule has 0 aliphatic carbocycles. The molecule has 0 aromatic heterocycles. The van der Waals surface area contributed by atoms with Crippen LogP contribution in [0.4, 0.5) is 0 Å². The molecule has 0 amide bonds. The number of rotatable bonds is 7. The summed E-state index contributed by atoms with van der Waals surface area (Å²) in [6.45, 7) is 10.7. The van der Waals surface area contributed by atoms with Crippen LogP contribution in [0.15, 0.2) is 24.3 Å². The molecule has 20 heavy (non-hydrogen) atoms. The Morgan fingerprint density at radius 2 is 2.35 bits per heavy atom. The zero-order valence-corrected chi connectivity index (χ0v) is 12.6. The van der Waals surface area contributed by atoms with Gasteiger partial charge in [-0.3, -0.25) is 4.90 Å². The van der Waals surface area contributed by atoms with Crippen molar-refractivity contribution in [2.75, 3.05) is 39.4 Å². The molecule has 1 heterocycles. The largest absolute Gasteiger partial charge is 0.492 e. The van der Waals surface area contributed by atoms with Crippen LogP contribution in [-0.2, 0) is 11.3 Å². The van der Waals surface area contributed by atoms with E-state index in [1.807, 2.05) is 6.07 Å². The molecule has 1 unspecified atom stereocenters. The van der Waals surface area contributed by atoms with Crippen molar-refractivity contribution in [3.8, 4) is 5.75 Å². The first-order chi connectivity index (χ1) is 9.78. The van der Waals surface area contributed by atoms with Crippen molar-refractivity contribution in [1.29, 1.82) is 0 Å². The topological polar surface area (TPSA) is 33.7 Å². The van der Waals surface area contributed by atoms with Crippen LogP contribution in [0.3, 0.4) is 0 Å². The van der Waals surface area contributed by atoms with Gasteiger partial charge in [-0.05, 0) is 31.2 Å². The molecule has 1 aromatic rings. The van der Waals surface area contributed by atoms with Crippen LogP contribution in [0.25, 0.3) is 0 Å². The van der Waals surface area contributed by atoms with Gasteiger partial charge < -0.3 is 14.8 Å². The maximum atomic E-state index is 5.85. The number of benzene rings is 1. The number of nitrogens with one attached hydrogen (secondary N) is 1. The van der Waals surface area contributed by atoms with Crippen LogP contribution in [0, 0.1) is 0 Å². The Morgan fingerprint density at radius 1 is 1.45 bits per heavy atom. The fourth-order valence-corrected chi connectivity index (χ4v) is 2.40. The molecule has 1 saturated heterocycles. The standard InChI is InChI=1S/C16H26N2O2/c1-3-17-12-15-5-4-6-16(11-15)20-10-8-18-7-9-19-14(2)13-18/h4-6,11,14,17H,3,7-10,12-13H2,1-2H3.